The Bertz CT molecular complexity index is 372. The summed E-state index contributed by atoms with van der Waals surface area (Å²) in [6.07, 6.45) is 3.48. The predicted octanol–water partition coefficient (Wildman–Crippen LogP) is 2.97. The van der Waals surface area contributed by atoms with Gasteiger partial charge in [0.2, 0.25) is 0 Å². The second-order valence-corrected chi connectivity index (χ2v) is 4.41. The van der Waals surface area contributed by atoms with E-state index >= 15 is 0 Å². The Morgan fingerprint density at radius 1 is 1.25 bits per heavy atom. The fourth-order valence-corrected chi connectivity index (χ4v) is 2.13. The molecule has 2 rings (SSSR count). The number of rotatable bonds is 1. The van der Waals surface area contributed by atoms with E-state index in [0.717, 1.165) is 15.2 Å². The maximum atomic E-state index is 4.15. The molecule has 0 spiro atoms. The topological polar surface area (TPSA) is 25.8 Å². The van der Waals surface area contributed by atoms with Crippen LogP contribution in [0.3, 0.4) is 0 Å². The molecule has 2 nitrogen and oxygen atoms in total. The lowest BCUT2D eigenvalue weighted by molar-refractivity contribution is 1.18. The van der Waals surface area contributed by atoms with Crippen LogP contribution in [0, 0.1) is 0 Å². The van der Waals surface area contributed by atoms with Gasteiger partial charge in [-0.25, -0.2) is 9.97 Å². The number of aromatic nitrogens is 2. The monoisotopic (exact) mass is 240 g/mol. The molecule has 0 N–H and O–H groups in total. The van der Waals surface area contributed by atoms with Crippen molar-refractivity contribution in [2.45, 2.75) is 0 Å². The molecule has 2 aromatic rings. The highest BCUT2D eigenvalue weighted by Crippen LogP contribution is 2.30. The highest BCUT2D eigenvalue weighted by molar-refractivity contribution is 9.11. The zero-order valence-corrected chi connectivity index (χ0v) is 8.47. The summed E-state index contributed by atoms with van der Waals surface area (Å²) in [5, 5.41) is 2.01. The Balaban J connectivity index is 2.51. The van der Waals surface area contributed by atoms with Crippen molar-refractivity contribution in [1.82, 2.24) is 9.97 Å². The molecule has 0 amide bonds. The molecule has 4 heteroatoms. The molecule has 0 saturated carbocycles. The van der Waals surface area contributed by atoms with Crippen LogP contribution >= 0.6 is 27.3 Å². The second kappa shape index (κ2) is 3.33. The minimum absolute atomic E-state index is 0.769. The lowest BCUT2D eigenvalue weighted by Gasteiger charge is -1.94. The van der Waals surface area contributed by atoms with Crippen molar-refractivity contribution in [2.75, 3.05) is 0 Å². The molecule has 0 unspecified atom stereocenters. The summed E-state index contributed by atoms with van der Waals surface area (Å²) >= 11 is 5.08. The van der Waals surface area contributed by atoms with Gasteiger partial charge >= 0.3 is 0 Å². The number of hydrogen-bond donors (Lipinski definition) is 0. The van der Waals surface area contributed by atoms with Gasteiger partial charge in [0.05, 0.1) is 3.79 Å². The number of thiophene rings is 1. The highest BCUT2D eigenvalue weighted by Gasteiger charge is 2.04. The van der Waals surface area contributed by atoms with Crippen molar-refractivity contribution < 1.29 is 0 Å². The maximum absolute atomic E-state index is 4.15. The summed E-state index contributed by atoms with van der Waals surface area (Å²) in [6.45, 7) is 0. The number of hydrogen-bond acceptors (Lipinski definition) is 3. The van der Waals surface area contributed by atoms with E-state index in [0.29, 0.717) is 0 Å². The fourth-order valence-electron chi connectivity index (χ4n) is 0.891. The van der Waals surface area contributed by atoms with Crippen LogP contribution in [0.15, 0.2) is 33.7 Å². The molecule has 2 aromatic heterocycles. The molecule has 0 aliphatic rings. The third-order valence-electron chi connectivity index (χ3n) is 1.42. The van der Waals surface area contributed by atoms with Crippen molar-refractivity contribution >= 4 is 27.3 Å². The third kappa shape index (κ3) is 1.40. The largest absolute Gasteiger partial charge is 0.237 e. The fraction of sp³-hybridized carbons (Fsp3) is 0. The van der Waals surface area contributed by atoms with E-state index in [1.807, 2.05) is 17.5 Å². The molecule has 0 saturated heterocycles. The first-order valence-corrected chi connectivity index (χ1v) is 5.05. The second-order valence-electron chi connectivity index (χ2n) is 2.18. The third-order valence-corrected chi connectivity index (χ3v) is 3.11. The Hall–Kier alpha value is -0.740. The van der Waals surface area contributed by atoms with Gasteiger partial charge in [0, 0.05) is 18.0 Å². The van der Waals surface area contributed by atoms with Crippen LogP contribution in [0.4, 0.5) is 0 Å². The minimum atomic E-state index is 0.769. The van der Waals surface area contributed by atoms with Gasteiger partial charge in [-0.15, -0.1) is 11.3 Å². The lowest BCUT2D eigenvalue weighted by atomic mass is 10.3. The van der Waals surface area contributed by atoms with Gasteiger partial charge in [0.25, 0.3) is 0 Å². The van der Waals surface area contributed by atoms with Gasteiger partial charge in [0.1, 0.15) is 0 Å². The van der Waals surface area contributed by atoms with Crippen LogP contribution in [0.1, 0.15) is 0 Å². The first-order chi connectivity index (χ1) is 5.88. The summed E-state index contributed by atoms with van der Waals surface area (Å²) in [6, 6.07) is 3.81. The molecule has 0 radical (unpaired) electrons. The average Bonchev–Trinajstić information content (AvgIpc) is 2.53. The van der Waals surface area contributed by atoms with Crippen molar-refractivity contribution in [3.63, 3.8) is 0 Å². The van der Waals surface area contributed by atoms with Gasteiger partial charge in [-0.2, -0.15) is 0 Å². The Kier molecular flexibility index (Phi) is 2.19. The van der Waals surface area contributed by atoms with Gasteiger partial charge < -0.3 is 0 Å². The molecule has 0 aromatic carbocycles. The van der Waals surface area contributed by atoms with Gasteiger partial charge in [-0.3, -0.25) is 0 Å². The van der Waals surface area contributed by atoms with Crippen molar-refractivity contribution in [2.24, 2.45) is 0 Å². The van der Waals surface area contributed by atoms with Crippen LogP contribution < -0.4 is 0 Å². The lowest BCUT2D eigenvalue weighted by Crippen LogP contribution is -1.84. The Labute approximate surface area is 82.4 Å². The molecular formula is C8H5BrN2S. The van der Waals surface area contributed by atoms with E-state index in [2.05, 4.69) is 25.9 Å². The summed E-state index contributed by atoms with van der Waals surface area (Å²) in [5.74, 6) is 0.769. The zero-order chi connectivity index (χ0) is 8.39. The van der Waals surface area contributed by atoms with Crippen LogP contribution in [0.5, 0.6) is 0 Å². The first kappa shape index (κ1) is 7.89. The standard InChI is InChI=1S/C8H5BrN2S/c9-7-6(2-5-12-7)8-10-3-1-4-11-8/h1-5H. The summed E-state index contributed by atoms with van der Waals surface area (Å²) < 4.78 is 1.08. The van der Waals surface area contributed by atoms with Crippen LogP contribution in [-0.2, 0) is 0 Å². The van der Waals surface area contributed by atoms with E-state index in [9.17, 15) is 0 Å². The predicted molar refractivity (Wildman–Crippen MR) is 53.0 cm³/mol. The van der Waals surface area contributed by atoms with Crippen molar-refractivity contribution in [3.8, 4) is 11.4 Å². The van der Waals surface area contributed by atoms with Crippen LogP contribution in [0.2, 0.25) is 0 Å². The summed E-state index contributed by atoms with van der Waals surface area (Å²) in [7, 11) is 0. The summed E-state index contributed by atoms with van der Waals surface area (Å²) in [5.41, 5.74) is 1.06. The number of halogens is 1. The Morgan fingerprint density at radius 2 is 2.00 bits per heavy atom. The summed E-state index contributed by atoms with van der Waals surface area (Å²) in [4.78, 5) is 8.30. The number of nitrogens with zero attached hydrogens (tertiary/aromatic N) is 2. The average molecular weight is 241 g/mol. The molecule has 0 atom stereocenters. The Morgan fingerprint density at radius 3 is 2.58 bits per heavy atom. The first-order valence-electron chi connectivity index (χ1n) is 3.38. The van der Waals surface area contributed by atoms with Gasteiger partial charge in [0.15, 0.2) is 5.82 Å². The molecule has 12 heavy (non-hydrogen) atoms. The zero-order valence-electron chi connectivity index (χ0n) is 6.07. The van der Waals surface area contributed by atoms with E-state index in [1.165, 1.54) is 0 Å². The van der Waals surface area contributed by atoms with Crippen molar-refractivity contribution in [1.29, 1.82) is 0 Å². The molecular weight excluding hydrogens is 236 g/mol. The van der Waals surface area contributed by atoms with Crippen LogP contribution in [-0.4, -0.2) is 9.97 Å². The molecule has 0 aliphatic carbocycles. The molecule has 60 valence electrons. The van der Waals surface area contributed by atoms with E-state index < -0.39 is 0 Å². The molecule has 0 fully saturated rings. The van der Waals surface area contributed by atoms with Gasteiger partial charge in [-0.1, -0.05) is 0 Å². The molecule has 0 bridgehead atoms. The van der Waals surface area contributed by atoms with Crippen molar-refractivity contribution in [3.05, 3.63) is 33.7 Å². The smallest absolute Gasteiger partial charge is 0.161 e. The highest BCUT2D eigenvalue weighted by atomic mass is 79.9. The van der Waals surface area contributed by atoms with E-state index in [-0.39, 0.29) is 0 Å². The molecule has 2 heterocycles. The van der Waals surface area contributed by atoms with E-state index in [1.54, 1.807) is 23.7 Å². The van der Waals surface area contributed by atoms with Crippen LogP contribution in [0.25, 0.3) is 11.4 Å². The minimum Gasteiger partial charge on any atom is -0.237 e. The SMILES string of the molecule is Brc1sccc1-c1ncccn1. The maximum Gasteiger partial charge on any atom is 0.161 e. The normalized spacial score (nSPS) is 10.1. The molecule has 0 aliphatic heterocycles. The quantitative estimate of drug-likeness (QED) is 0.767. The van der Waals surface area contributed by atoms with Gasteiger partial charge in [-0.05, 0) is 33.4 Å². The van der Waals surface area contributed by atoms with E-state index in [4.69, 9.17) is 0 Å².